The van der Waals surface area contributed by atoms with Gasteiger partial charge in [0.2, 0.25) is 17.5 Å². The lowest BCUT2D eigenvalue weighted by molar-refractivity contribution is 0.333. The van der Waals surface area contributed by atoms with Crippen molar-refractivity contribution < 1.29 is 14.2 Å². The highest BCUT2D eigenvalue weighted by molar-refractivity contribution is 9.10. The Kier molecular flexibility index (Phi) is 5.88. The van der Waals surface area contributed by atoms with E-state index in [9.17, 15) is 0 Å². The van der Waals surface area contributed by atoms with Crippen LogP contribution in [0.15, 0.2) is 56.8 Å². The van der Waals surface area contributed by atoms with Crippen molar-refractivity contribution in [2.45, 2.75) is 12.8 Å². The van der Waals surface area contributed by atoms with Crippen molar-refractivity contribution in [3.05, 3.63) is 74.3 Å². The number of rotatable bonds is 6. The molecule has 152 valence electrons. The van der Waals surface area contributed by atoms with Gasteiger partial charge in [-0.2, -0.15) is 4.99 Å². The van der Waals surface area contributed by atoms with Gasteiger partial charge in [-0.25, -0.2) is 4.85 Å². The Hall–Kier alpha value is -3.09. The second kappa shape index (κ2) is 8.73. The molecule has 1 aliphatic heterocycles. The number of methoxy groups -OCH3 is 1. The molecule has 4 rings (SSSR count). The number of nitrogens with zero attached hydrogens (tertiary/aromatic N) is 3. The fourth-order valence-electron chi connectivity index (χ4n) is 3.24. The molecule has 1 atom stereocenters. The van der Waals surface area contributed by atoms with Gasteiger partial charge in [-0.15, -0.1) is 16.4 Å². The SMILES string of the molecule is [C-]#[N+]C1=C(/N=C/OCC)Oc2n[nH]c(-c3cccs3)c2C1c1ccc(OC)c(Br)c1. The highest BCUT2D eigenvalue weighted by Gasteiger charge is 2.37. The first kappa shape index (κ1) is 20.2. The van der Waals surface area contributed by atoms with Crippen molar-refractivity contribution in [1.29, 1.82) is 0 Å². The van der Waals surface area contributed by atoms with Gasteiger partial charge < -0.3 is 14.2 Å². The first-order valence-electron chi connectivity index (χ1n) is 9.07. The molecule has 1 N–H and O–H groups in total. The summed E-state index contributed by atoms with van der Waals surface area (Å²) in [5.41, 5.74) is 2.87. The molecule has 0 spiro atoms. The van der Waals surface area contributed by atoms with E-state index >= 15 is 0 Å². The Morgan fingerprint density at radius 1 is 1.43 bits per heavy atom. The summed E-state index contributed by atoms with van der Waals surface area (Å²) >= 11 is 5.14. The topological polar surface area (TPSA) is 73.1 Å². The minimum atomic E-state index is -0.418. The third kappa shape index (κ3) is 3.60. The maximum atomic E-state index is 7.87. The van der Waals surface area contributed by atoms with Gasteiger partial charge in [0.1, 0.15) is 5.75 Å². The summed E-state index contributed by atoms with van der Waals surface area (Å²) in [6, 6.07) is 9.72. The number of hydrogen-bond donors (Lipinski definition) is 1. The van der Waals surface area contributed by atoms with Crippen LogP contribution in [-0.4, -0.2) is 30.3 Å². The number of aromatic amines is 1. The molecule has 30 heavy (non-hydrogen) atoms. The fraction of sp³-hybridized carbons (Fsp3) is 0.190. The van der Waals surface area contributed by atoms with Gasteiger partial charge in [0, 0.05) is 5.56 Å². The van der Waals surface area contributed by atoms with E-state index in [4.69, 9.17) is 20.8 Å². The molecule has 0 saturated carbocycles. The summed E-state index contributed by atoms with van der Waals surface area (Å²) < 4.78 is 17.3. The normalized spacial score (nSPS) is 15.6. The highest BCUT2D eigenvalue weighted by atomic mass is 79.9. The number of H-pyrrole nitrogens is 1. The molecule has 0 bridgehead atoms. The molecule has 1 aromatic carbocycles. The molecular weight excluding hydrogens is 468 g/mol. The summed E-state index contributed by atoms with van der Waals surface area (Å²) in [6.45, 7) is 10.2. The Morgan fingerprint density at radius 2 is 2.30 bits per heavy atom. The highest BCUT2D eigenvalue weighted by Crippen LogP contribution is 2.48. The van der Waals surface area contributed by atoms with Crippen LogP contribution < -0.4 is 9.47 Å². The fourth-order valence-corrected chi connectivity index (χ4v) is 4.54. The van der Waals surface area contributed by atoms with Crippen molar-refractivity contribution in [3.8, 4) is 22.2 Å². The van der Waals surface area contributed by atoms with Gasteiger partial charge in [-0.3, -0.25) is 5.10 Å². The predicted octanol–water partition coefficient (Wildman–Crippen LogP) is 5.59. The van der Waals surface area contributed by atoms with E-state index in [0.717, 1.165) is 26.2 Å². The lowest BCUT2D eigenvalue weighted by atomic mass is 9.87. The second-order valence-electron chi connectivity index (χ2n) is 6.22. The minimum absolute atomic E-state index is 0.173. The zero-order valence-corrected chi connectivity index (χ0v) is 18.6. The molecule has 1 unspecified atom stereocenters. The lowest BCUT2D eigenvalue weighted by Crippen LogP contribution is -2.15. The van der Waals surface area contributed by atoms with Gasteiger partial charge in [0.05, 0.1) is 41.3 Å². The third-order valence-corrected chi connectivity index (χ3v) is 6.06. The smallest absolute Gasteiger partial charge is 0.241 e. The largest absolute Gasteiger partial charge is 0.496 e. The third-order valence-electron chi connectivity index (χ3n) is 4.55. The van der Waals surface area contributed by atoms with E-state index < -0.39 is 5.92 Å². The first-order chi connectivity index (χ1) is 14.7. The molecule has 0 fully saturated rings. The van der Waals surface area contributed by atoms with Gasteiger partial charge in [-0.1, -0.05) is 12.1 Å². The van der Waals surface area contributed by atoms with Crippen molar-refractivity contribution >= 4 is 33.7 Å². The number of hydrogen-bond acceptors (Lipinski definition) is 6. The summed E-state index contributed by atoms with van der Waals surface area (Å²) in [7, 11) is 1.61. The van der Waals surface area contributed by atoms with Crippen LogP contribution in [-0.2, 0) is 4.74 Å². The van der Waals surface area contributed by atoms with Crippen LogP contribution in [0.3, 0.4) is 0 Å². The van der Waals surface area contributed by atoms with E-state index in [0.29, 0.717) is 23.9 Å². The molecule has 0 saturated heterocycles. The van der Waals surface area contributed by atoms with E-state index in [1.54, 1.807) is 18.4 Å². The standard InChI is InChI=1S/C21H17BrN4O3S/c1-4-28-11-24-21-19(23-2)16(12-7-8-14(27-3)13(22)10-12)17-18(15-6-5-9-30-15)25-26-20(17)29-21/h5-11,16H,4H2,1,3H3,(H,25,26)/b24-11+. The zero-order valence-electron chi connectivity index (χ0n) is 16.2. The van der Waals surface area contributed by atoms with Gasteiger partial charge in [-0.05, 0) is 52.0 Å². The minimum Gasteiger partial charge on any atom is -0.496 e. The Labute approximate surface area is 186 Å². The van der Waals surface area contributed by atoms with E-state index in [-0.39, 0.29) is 5.88 Å². The second-order valence-corrected chi connectivity index (χ2v) is 8.02. The van der Waals surface area contributed by atoms with Crippen LogP contribution in [0.2, 0.25) is 0 Å². The molecule has 0 amide bonds. The molecule has 1 aliphatic rings. The Bertz CT molecular complexity index is 1160. The van der Waals surface area contributed by atoms with Crippen molar-refractivity contribution in [2.24, 2.45) is 4.99 Å². The molecule has 0 radical (unpaired) electrons. The molecule has 2 aromatic heterocycles. The first-order valence-corrected chi connectivity index (χ1v) is 10.7. The van der Waals surface area contributed by atoms with Crippen LogP contribution >= 0.6 is 27.3 Å². The predicted molar refractivity (Wildman–Crippen MR) is 119 cm³/mol. The number of thiophene rings is 1. The summed E-state index contributed by atoms with van der Waals surface area (Å²) in [4.78, 5) is 9.04. The number of nitrogens with one attached hydrogen (secondary N) is 1. The van der Waals surface area contributed by atoms with Crippen LogP contribution in [0, 0.1) is 6.57 Å². The quantitative estimate of drug-likeness (QED) is 0.281. The lowest BCUT2D eigenvalue weighted by Gasteiger charge is -2.24. The van der Waals surface area contributed by atoms with Crippen LogP contribution in [0.4, 0.5) is 0 Å². The number of fused-ring (bicyclic) bond motifs is 1. The van der Waals surface area contributed by atoms with Crippen LogP contribution in [0.25, 0.3) is 15.4 Å². The summed E-state index contributed by atoms with van der Waals surface area (Å²) in [6.07, 6.45) is 1.29. The number of ether oxygens (including phenoxy) is 3. The average Bonchev–Trinajstić information content (AvgIpc) is 3.42. The molecule has 9 heteroatoms. The Morgan fingerprint density at radius 3 is 2.97 bits per heavy atom. The molecule has 7 nitrogen and oxygen atoms in total. The summed E-state index contributed by atoms with van der Waals surface area (Å²) in [5.74, 6) is 0.858. The number of aliphatic imine (C=N–C) groups is 1. The maximum Gasteiger partial charge on any atom is 0.241 e. The van der Waals surface area contributed by atoms with Gasteiger partial charge in [0.25, 0.3) is 0 Å². The average molecular weight is 485 g/mol. The molecule has 3 aromatic rings. The zero-order chi connectivity index (χ0) is 21.1. The van der Waals surface area contributed by atoms with Gasteiger partial charge in [0.15, 0.2) is 6.40 Å². The van der Waals surface area contributed by atoms with Crippen molar-refractivity contribution in [3.63, 3.8) is 0 Å². The maximum absolute atomic E-state index is 7.87. The van der Waals surface area contributed by atoms with E-state index in [1.165, 1.54) is 6.40 Å². The number of aromatic nitrogens is 2. The summed E-state index contributed by atoms with van der Waals surface area (Å²) in [5, 5.41) is 9.43. The number of allylic oxidation sites excluding steroid dienone is 1. The van der Waals surface area contributed by atoms with Crippen molar-refractivity contribution in [2.75, 3.05) is 13.7 Å². The van der Waals surface area contributed by atoms with Crippen LogP contribution in [0.5, 0.6) is 11.6 Å². The Balaban J connectivity index is 1.92. The molecule has 0 aliphatic carbocycles. The molecular formula is C21H17BrN4O3S. The van der Waals surface area contributed by atoms with Crippen molar-refractivity contribution in [1.82, 2.24) is 10.2 Å². The van der Waals surface area contributed by atoms with Crippen LogP contribution in [0.1, 0.15) is 24.0 Å². The number of benzene rings is 1. The van der Waals surface area contributed by atoms with E-state index in [1.807, 2.05) is 42.6 Å². The molecule has 3 heterocycles. The number of halogens is 1. The monoisotopic (exact) mass is 484 g/mol. The van der Waals surface area contributed by atoms with Gasteiger partial charge >= 0.3 is 0 Å². The van der Waals surface area contributed by atoms with E-state index in [2.05, 4.69) is 36.0 Å².